The van der Waals surface area contributed by atoms with E-state index in [-0.39, 0.29) is 12.1 Å². The van der Waals surface area contributed by atoms with Gasteiger partial charge in [-0.05, 0) is 62.3 Å². The van der Waals surface area contributed by atoms with Crippen LogP contribution in [0.3, 0.4) is 0 Å². The highest BCUT2D eigenvalue weighted by molar-refractivity contribution is 7.80. The lowest BCUT2D eigenvalue weighted by Gasteiger charge is -2.14. The highest BCUT2D eigenvalue weighted by atomic mass is 32.1. The molecule has 3 aromatic rings. The topological polar surface area (TPSA) is 50.4 Å². The van der Waals surface area contributed by atoms with Crippen LogP contribution < -0.4 is 10.6 Å². The summed E-state index contributed by atoms with van der Waals surface area (Å²) in [5.74, 6) is -0.273. The van der Waals surface area contributed by atoms with Crippen LogP contribution >= 0.6 is 23.6 Å². The van der Waals surface area contributed by atoms with Crippen LogP contribution in [0.25, 0.3) is 10.8 Å². The first-order valence-corrected chi connectivity index (χ1v) is 10.7. The Balaban J connectivity index is 1.59. The van der Waals surface area contributed by atoms with E-state index < -0.39 is 0 Å². The number of hydrogen-bond acceptors (Lipinski definition) is 4. The van der Waals surface area contributed by atoms with Crippen molar-refractivity contribution in [3.05, 3.63) is 58.5 Å². The zero-order valence-electron chi connectivity index (χ0n) is 15.9. The van der Waals surface area contributed by atoms with Gasteiger partial charge in [-0.2, -0.15) is 0 Å². The minimum Gasteiger partial charge on any atom is -0.459 e. The lowest BCUT2D eigenvalue weighted by atomic mass is 10.1. The summed E-state index contributed by atoms with van der Waals surface area (Å²) in [6, 6.07) is 14.2. The Bertz CT molecular complexity index is 1050. The Morgan fingerprint density at radius 3 is 2.71 bits per heavy atom. The summed E-state index contributed by atoms with van der Waals surface area (Å²) in [4.78, 5) is 13.9. The van der Waals surface area contributed by atoms with Crippen LogP contribution in [0.2, 0.25) is 0 Å². The molecule has 0 amide bonds. The molecular weight excluding hydrogens is 388 g/mol. The van der Waals surface area contributed by atoms with E-state index in [1.54, 1.807) is 11.3 Å². The molecule has 4 rings (SSSR count). The van der Waals surface area contributed by atoms with Crippen molar-refractivity contribution < 1.29 is 9.53 Å². The first kappa shape index (κ1) is 18.9. The Morgan fingerprint density at radius 1 is 1.11 bits per heavy atom. The molecule has 0 spiro atoms. The van der Waals surface area contributed by atoms with Gasteiger partial charge in [0, 0.05) is 16.0 Å². The molecule has 1 aromatic heterocycles. The number of esters is 1. The Labute approximate surface area is 173 Å². The molecule has 2 N–H and O–H groups in total. The van der Waals surface area contributed by atoms with Crippen molar-refractivity contribution in [3.63, 3.8) is 0 Å². The van der Waals surface area contributed by atoms with Crippen molar-refractivity contribution in [2.75, 3.05) is 10.6 Å². The van der Waals surface area contributed by atoms with Crippen LogP contribution in [0.5, 0.6) is 0 Å². The van der Waals surface area contributed by atoms with Gasteiger partial charge in [0.2, 0.25) is 0 Å². The number of nitrogens with one attached hydrogen (secondary N) is 2. The molecule has 4 nitrogen and oxygen atoms in total. The normalized spacial score (nSPS) is 12.8. The molecule has 0 bridgehead atoms. The van der Waals surface area contributed by atoms with Crippen LogP contribution in [0.1, 0.15) is 41.1 Å². The van der Waals surface area contributed by atoms with Gasteiger partial charge in [-0.3, -0.25) is 0 Å². The summed E-state index contributed by atoms with van der Waals surface area (Å²) >= 11 is 7.16. The molecule has 0 saturated heterocycles. The highest BCUT2D eigenvalue weighted by Crippen LogP contribution is 2.39. The molecule has 1 aliphatic rings. The van der Waals surface area contributed by atoms with Gasteiger partial charge in [-0.25, -0.2) is 4.79 Å². The highest BCUT2D eigenvalue weighted by Gasteiger charge is 2.28. The third kappa shape index (κ3) is 3.75. The average molecular weight is 411 g/mol. The fourth-order valence-corrected chi connectivity index (χ4v) is 5.13. The molecule has 6 heteroatoms. The van der Waals surface area contributed by atoms with Crippen LogP contribution in [-0.2, 0) is 17.6 Å². The largest absolute Gasteiger partial charge is 0.459 e. The molecule has 0 aliphatic heterocycles. The molecule has 0 unspecified atom stereocenters. The number of carbonyl (C=O) groups is 1. The van der Waals surface area contributed by atoms with Gasteiger partial charge >= 0.3 is 5.97 Å². The molecule has 28 heavy (non-hydrogen) atoms. The second-order valence-corrected chi connectivity index (χ2v) is 8.63. The van der Waals surface area contributed by atoms with E-state index in [2.05, 4.69) is 28.8 Å². The maximum atomic E-state index is 12.7. The molecular formula is C22H22N2O2S2. The Hall–Kier alpha value is -2.44. The van der Waals surface area contributed by atoms with E-state index in [0.29, 0.717) is 10.7 Å². The predicted octanol–water partition coefficient (Wildman–Crippen LogP) is 5.76. The summed E-state index contributed by atoms with van der Waals surface area (Å²) in [5, 5.41) is 10.0. The van der Waals surface area contributed by atoms with Gasteiger partial charge in [0.1, 0.15) is 5.00 Å². The fraction of sp³-hybridized carbons (Fsp3) is 0.273. The number of carbonyl (C=O) groups excluding carboxylic acids is 1. The first-order chi connectivity index (χ1) is 13.5. The molecule has 1 aliphatic carbocycles. The van der Waals surface area contributed by atoms with Crippen molar-refractivity contribution in [1.29, 1.82) is 0 Å². The second kappa shape index (κ2) is 7.89. The standard InChI is InChI=1S/C22H22N2O2S2/c1-13(2)26-21(25)19-16-10-6-12-18(16)28-20(19)24-22(27)23-17-11-5-8-14-7-3-4-9-15(14)17/h3-5,7-9,11,13H,6,10,12H2,1-2H3,(H2,23,24,27). The minimum atomic E-state index is -0.273. The number of fused-ring (bicyclic) bond motifs is 2. The number of thiocarbonyl (C=S) groups is 1. The van der Waals surface area contributed by atoms with Gasteiger partial charge < -0.3 is 15.4 Å². The second-order valence-electron chi connectivity index (χ2n) is 7.12. The van der Waals surface area contributed by atoms with Crippen molar-refractivity contribution in [3.8, 4) is 0 Å². The smallest absolute Gasteiger partial charge is 0.341 e. The third-order valence-electron chi connectivity index (χ3n) is 4.73. The molecule has 0 atom stereocenters. The van der Waals surface area contributed by atoms with E-state index in [0.717, 1.165) is 46.3 Å². The minimum absolute atomic E-state index is 0.155. The van der Waals surface area contributed by atoms with E-state index in [4.69, 9.17) is 17.0 Å². The molecule has 2 aromatic carbocycles. The van der Waals surface area contributed by atoms with Crippen molar-refractivity contribution in [2.45, 2.75) is 39.2 Å². The number of aryl methyl sites for hydroxylation is 1. The van der Waals surface area contributed by atoms with Gasteiger partial charge in [-0.1, -0.05) is 36.4 Å². The lowest BCUT2D eigenvalue weighted by molar-refractivity contribution is 0.0378. The summed E-state index contributed by atoms with van der Waals surface area (Å²) in [6.45, 7) is 3.73. The number of rotatable bonds is 4. The number of ether oxygens (including phenoxy) is 1. The number of hydrogen-bond donors (Lipinski definition) is 2. The predicted molar refractivity (Wildman–Crippen MR) is 121 cm³/mol. The molecule has 0 saturated carbocycles. The maximum absolute atomic E-state index is 12.7. The fourth-order valence-electron chi connectivity index (χ4n) is 3.57. The van der Waals surface area contributed by atoms with Crippen LogP contribution in [0.15, 0.2) is 42.5 Å². The Morgan fingerprint density at radius 2 is 1.89 bits per heavy atom. The van der Waals surface area contributed by atoms with Gasteiger partial charge in [0.15, 0.2) is 5.11 Å². The van der Waals surface area contributed by atoms with E-state index >= 15 is 0 Å². The maximum Gasteiger partial charge on any atom is 0.341 e. The monoisotopic (exact) mass is 410 g/mol. The lowest BCUT2D eigenvalue weighted by Crippen LogP contribution is -2.21. The van der Waals surface area contributed by atoms with Crippen molar-refractivity contribution in [1.82, 2.24) is 0 Å². The third-order valence-corrected chi connectivity index (χ3v) is 6.14. The van der Waals surface area contributed by atoms with E-state index in [1.165, 1.54) is 4.88 Å². The SMILES string of the molecule is CC(C)OC(=O)c1c(NC(=S)Nc2cccc3ccccc23)sc2c1CCC2. The number of anilines is 2. The van der Waals surface area contributed by atoms with Gasteiger partial charge in [0.05, 0.1) is 11.7 Å². The van der Waals surface area contributed by atoms with E-state index in [9.17, 15) is 4.79 Å². The van der Waals surface area contributed by atoms with Crippen LogP contribution in [-0.4, -0.2) is 17.2 Å². The van der Waals surface area contributed by atoms with Crippen molar-refractivity contribution >= 4 is 56.1 Å². The van der Waals surface area contributed by atoms with E-state index in [1.807, 2.05) is 38.1 Å². The Kier molecular flexibility index (Phi) is 5.33. The van der Waals surface area contributed by atoms with Crippen LogP contribution in [0.4, 0.5) is 10.7 Å². The van der Waals surface area contributed by atoms with Gasteiger partial charge in [-0.15, -0.1) is 11.3 Å². The van der Waals surface area contributed by atoms with Gasteiger partial charge in [0.25, 0.3) is 0 Å². The summed E-state index contributed by atoms with van der Waals surface area (Å²) in [5.41, 5.74) is 2.70. The zero-order chi connectivity index (χ0) is 19.7. The van der Waals surface area contributed by atoms with Crippen LogP contribution in [0, 0.1) is 0 Å². The summed E-state index contributed by atoms with van der Waals surface area (Å²) in [6.07, 6.45) is 2.85. The van der Waals surface area contributed by atoms with Crippen molar-refractivity contribution in [2.24, 2.45) is 0 Å². The molecule has 144 valence electrons. The summed E-state index contributed by atoms with van der Waals surface area (Å²) < 4.78 is 5.48. The number of benzene rings is 2. The molecule has 0 radical (unpaired) electrons. The summed E-state index contributed by atoms with van der Waals surface area (Å²) in [7, 11) is 0. The molecule has 1 heterocycles. The average Bonchev–Trinajstić information content (AvgIpc) is 3.22. The zero-order valence-corrected chi connectivity index (χ0v) is 17.5. The molecule has 0 fully saturated rings. The number of thiophene rings is 1. The quantitative estimate of drug-likeness (QED) is 0.423. The first-order valence-electron chi connectivity index (χ1n) is 9.44.